The van der Waals surface area contributed by atoms with Crippen molar-refractivity contribution in [2.24, 2.45) is 5.84 Å². The van der Waals surface area contributed by atoms with E-state index in [2.05, 4.69) is 4.74 Å². The lowest BCUT2D eigenvalue weighted by atomic mass is 10.7. The highest BCUT2D eigenvalue weighted by atomic mass is 35.5. The van der Waals surface area contributed by atoms with Crippen molar-refractivity contribution < 1.29 is 9.53 Å². The first-order valence-electron chi connectivity index (χ1n) is 1.99. The van der Waals surface area contributed by atoms with Crippen molar-refractivity contribution in [1.82, 2.24) is 5.01 Å². The van der Waals surface area contributed by atoms with Crippen molar-refractivity contribution in [3.8, 4) is 0 Å². The fourth-order valence-corrected chi connectivity index (χ4v) is 0.406. The standard InChI is InChI=1S/C3H6N2O2.ClH/c4-5-1-2-7-3(5)6;/h1-2,4H2;1H. The van der Waals surface area contributed by atoms with Crippen molar-refractivity contribution in [1.29, 1.82) is 0 Å². The lowest BCUT2D eigenvalue weighted by molar-refractivity contribution is 0.159. The predicted molar refractivity (Wildman–Crippen MR) is 29.5 cm³/mol. The Hall–Kier alpha value is -0.480. The molecule has 1 fully saturated rings. The molecule has 0 unspecified atom stereocenters. The van der Waals surface area contributed by atoms with Crippen LogP contribution in [0, 0.1) is 0 Å². The molecule has 0 spiro atoms. The molecule has 0 saturated carbocycles. The third-order valence-electron chi connectivity index (χ3n) is 0.792. The summed E-state index contributed by atoms with van der Waals surface area (Å²) in [6, 6.07) is 0. The number of hydrazine groups is 1. The number of ether oxygens (including phenoxy) is 1. The lowest BCUT2D eigenvalue weighted by Crippen LogP contribution is -2.31. The quantitative estimate of drug-likeness (QED) is 0.371. The van der Waals surface area contributed by atoms with Gasteiger partial charge in [0.25, 0.3) is 0 Å². The normalized spacial score (nSPS) is 17.6. The van der Waals surface area contributed by atoms with Gasteiger partial charge in [0.05, 0.1) is 6.54 Å². The van der Waals surface area contributed by atoms with E-state index < -0.39 is 6.09 Å². The smallest absolute Gasteiger partial charge is 0.424 e. The molecule has 4 nitrogen and oxygen atoms in total. The summed E-state index contributed by atoms with van der Waals surface area (Å²) in [5, 5.41) is 1.04. The van der Waals surface area contributed by atoms with Gasteiger partial charge in [-0.3, -0.25) is 0 Å². The topological polar surface area (TPSA) is 55.6 Å². The largest absolute Gasteiger partial charge is 0.447 e. The number of hydrogen-bond donors (Lipinski definition) is 1. The van der Waals surface area contributed by atoms with Crippen molar-refractivity contribution in [2.45, 2.75) is 0 Å². The van der Waals surface area contributed by atoms with Gasteiger partial charge in [-0.05, 0) is 0 Å². The molecular formula is C3H7ClN2O2. The first-order valence-corrected chi connectivity index (χ1v) is 1.99. The van der Waals surface area contributed by atoms with E-state index >= 15 is 0 Å². The molecule has 5 heteroatoms. The summed E-state index contributed by atoms with van der Waals surface area (Å²) in [7, 11) is 0. The van der Waals surface area contributed by atoms with Crippen LogP contribution in [0.25, 0.3) is 0 Å². The number of cyclic esters (lactones) is 1. The Labute approximate surface area is 53.0 Å². The molecule has 1 rings (SSSR count). The van der Waals surface area contributed by atoms with E-state index in [1.54, 1.807) is 0 Å². The summed E-state index contributed by atoms with van der Waals surface area (Å²) < 4.78 is 4.43. The van der Waals surface area contributed by atoms with Gasteiger partial charge in [0.2, 0.25) is 0 Å². The van der Waals surface area contributed by atoms with Crippen LogP contribution >= 0.6 is 12.4 Å². The number of amides is 1. The Bertz CT molecular complexity index is 97.3. The van der Waals surface area contributed by atoms with E-state index in [1.807, 2.05) is 0 Å². The second-order valence-corrected chi connectivity index (χ2v) is 1.31. The maximum absolute atomic E-state index is 10.2. The fraction of sp³-hybridized carbons (Fsp3) is 0.667. The van der Waals surface area contributed by atoms with E-state index in [-0.39, 0.29) is 12.4 Å². The maximum Gasteiger partial charge on any atom is 0.424 e. The molecular weight excluding hydrogens is 131 g/mol. The molecule has 1 aliphatic heterocycles. The minimum atomic E-state index is -0.431. The number of nitrogens with two attached hydrogens (primary N) is 1. The zero-order valence-corrected chi connectivity index (χ0v) is 4.98. The van der Waals surface area contributed by atoms with Crippen LogP contribution in [-0.4, -0.2) is 24.3 Å². The van der Waals surface area contributed by atoms with Gasteiger partial charge >= 0.3 is 6.09 Å². The number of rotatable bonds is 0. The van der Waals surface area contributed by atoms with Gasteiger partial charge in [0.15, 0.2) is 0 Å². The summed E-state index contributed by atoms with van der Waals surface area (Å²) >= 11 is 0. The highest BCUT2D eigenvalue weighted by Crippen LogP contribution is 1.93. The summed E-state index contributed by atoms with van der Waals surface area (Å²) in [5.74, 6) is 5.04. The second kappa shape index (κ2) is 2.74. The van der Waals surface area contributed by atoms with E-state index in [9.17, 15) is 4.79 Å². The average Bonchev–Trinajstić information content (AvgIpc) is 1.91. The molecule has 2 N–H and O–H groups in total. The molecule has 0 bridgehead atoms. The summed E-state index contributed by atoms with van der Waals surface area (Å²) in [6.45, 7) is 0.939. The van der Waals surface area contributed by atoms with Crippen molar-refractivity contribution in [2.75, 3.05) is 13.2 Å². The maximum atomic E-state index is 10.2. The van der Waals surface area contributed by atoms with Crippen LogP contribution in [0.1, 0.15) is 0 Å². The summed E-state index contributed by atoms with van der Waals surface area (Å²) in [5.41, 5.74) is 0. The van der Waals surface area contributed by atoms with Crippen molar-refractivity contribution in [3.05, 3.63) is 0 Å². The minimum Gasteiger partial charge on any atom is -0.447 e. The first-order chi connectivity index (χ1) is 3.30. The Kier molecular flexibility index (Phi) is 2.57. The molecule has 8 heavy (non-hydrogen) atoms. The average molecular weight is 139 g/mol. The van der Waals surface area contributed by atoms with Crippen LogP contribution in [0.5, 0.6) is 0 Å². The fourth-order valence-electron chi connectivity index (χ4n) is 0.406. The van der Waals surface area contributed by atoms with E-state index in [4.69, 9.17) is 5.84 Å². The summed E-state index contributed by atoms with van der Waals surface area (Å²) in [6.07, 6.45) is -0.431. The third-order valence-corrected chi connectivity index (χ3v) is 0.792. The Morgan fingerprint density at radius 2 is 2.38 bits per heavy atom. The number of halogens is 1. The number of carbonyl (C=O) groups excluding carboxylic acids is 1. The van der Waals surface area contributed by atoms with Gasteiger partial charge < -0.3 is 4.74 Å². The molecule has 0 aromatic heterocycles. The molecule has 0 radical (unpaired) electrons. The van der Waals surface area contributed by atoms with Crippen LogP contribution in [0.2, 0.25) is 0 Å². The monoisotopic (exact) mass is 138 g/mol. The SMILES string of the molecule is Cl.NN1CCOC1=O. The van der Waals surface area contributed by atoms with Crippen LogP contribution in [0.4, 0.5) is 4.79 Å². The van der Waals surface area contributed by atoms with E-state index in [1.165, 1.54) is 0 Å². The minimum absolute atomic E-state index is 0. The Balaban J connectivity index is 0.000000490. The summed E-state index contributed by atoms with van der Waals surface area (Å²) in [4.78, 5) is 10.2. The van der Waals surface area contributed by atoms with E-state index in [0.29, 0.717) is 13.2 Å². The van der Waals surface area contributed by atoms with Gasteiger partial charge in [-0.1, -0.05) is 0 Å². The van der Waals surface area contributed by atoms with Crippen LogP contribution in [0.3, 0.4) is 0 Å². The highest BCUT2D eigenvalue weighted by Gasteiger charge is 2.16. The van der Waals surface area contributed by atoms with Gasteiger partial charge in [-0.15, -0.1) is 12.4 Å². The molecule has 1 amide bonds. The number of nitrogens with zero attached hydrogens (tertiary/aromatic N) is 1. The molecule has 0 aromatic carbocycles. The molecule has 1 aliphatic rings. The van der Waals surface area contributed by atoms with Gasteiger partial charge in [0, 0.05) is 0 Å². The van der Waals surface area contributed by atoms with Crippen LogP contribution in [-0.2, 0) is 4.74 Å². The van der Waals surface area contributed by atoms with Gasteiger partial charge in [0.1, 0.15) is 6.61 Å². The first kappa shape index (κ1) is 7.52. The van der Waals surface area contributed by atoms with Gasteiger partial charge in [-0.2, -0.15) is 0 Å². The number of carbonyl (C=O) groups is 1. The molecule has 1 heterocycles. The Morgan fingerprint density at radius 3 is 2.50 bits per heavy atom. The Morgan fingerprint density at radius 1 is 1.75 bits per heavy atom. The predicted octanol–water partition coefficient (Wildman–Crippen LogP) is -0.266. The second-order valence-electron chi connectivity index (χ2n) is 1.31. The third kappa shape index (κ3) is 1.24. The lowest BCUT2D eigenvalue weighted by Gasteiger charge is -1.98. The van der Waals surface area contributed by atoms with Gasteiger partial charge in [-0.25, -0.2) is 15.6 Å². The molecule has 1 saturated heterocycles. The van der Waals surface area contributed by atoms with Crippen molar-refractivity contribution in [3.63, 3.8) is 0 Å². The molecule has 0 aliphatic carbocycles. The van der Waals surface area contributed by atoms with Crippen LogP contribution in [0.15, 0.2) is 0 Å². The van der Waals surface area contributed by atoms with Crippen LogP contribution < -0.4 is 5.84 Å². The van der Waals surface area contributed by atoms with Crippen molar-refractivity contribution >= 4 is 18.5 Å². The molecule has 0 aromatic rings. The zero-order valence-electron chi connectivity index (χ0n) is 4.16. The molecule has 0 atom stereocenters. The number of hydrogen-bond acceptors (Lipinski definition) is 3. The highest BCUT2D eigenvalue weighted by molar-refractivity contribution is 5.85. The zero-order chi connectivity index (χ0) is 5.28. The molecule has 48 valence electrons. The van der Waals surface area contributed by atoms with E-state index in [0.717, 1.165) is 5.01 Å².